The van der Waals surface area contributed by atoms with Crippen molar-refractivity contribution in [2.75, 3.05) is 33.8 Å². The molecule has 1 amide bonds. The van der Waals surface area contributed by atoms with Crippen molar-refractivity contribution >= 4 is 6.09 Å². The first-order valence-corrected chi connectivity index (χ1v) is 3.72. The van der Waals surface area contributed by atoms with E-state index in [0.29, 0.717) is 6.54 Å². The molecule has 0 rings (SSSR count). The standard InChI is InChI=1S/C7H16N2O2/c1-4-8-5-6-9(2)7(10)11-3/h8H,4-6H2,1-3H3. The van der Waals surface area contributed by atoms with Gasteiger partial charge < -0.3 is 15.0 Å². The topological polar surface area (TPSA) is 41.6 Å². The number of rotatable bonds is 4. The fourth-order valence-electron chi connectivity index (χ4n) is 0.671. The van der Waals surface area contributed by atoms with Crippen molar-refractivity contribution in [1.82, 2.24) is 10.2 Å². The van der Waals surface area contributed by atoms with E-state index in [1.165, 1.54) is 12.0 Å². The van der Waals surface area contributed by atoms with Gasteiger partial charge in [-0.25, -0.2) is 4.79 Å². The van der Waals surface area contributed by atoms with Crippen LogP contribution in [0.2, 0.25) is 0 Å². The number of carbonyl (C=O) groups excluding carboxylic acids is 1. The molecule has 0 aromatic carbocycles. The van der Waals surface area contributed by atoms with Crippen LogP contribution in [0.1, 0.15) is 6.92 Å². The Labute approximate surface area is 67.5 Å². The molecular weight excluding hydrogens is 144 g/mol. The van der Waals surface area contributed by atoms with Crippen molar-refractivity contribution < 1.29 is 9.53 Å². The van der Waals surface area contributed by atoms with Crippen LogP contribution in [0.5, 0.6) is 0 Å². The van der Waals surface area contributed by atoms with Gasteiger partial charge >= 0.3 is 6.09 Å². The summed E-state index contributed by atoms with van der Waals surface area (Å²) in [5, 5.41) is 3.11. The Bertz CT molecular complexity index is 117. The highest BCUT2D eigenvalue weighted by Gasteiger charge is 2.05. The number of hydrogen-bond acceptors (Lipinski definition) is 3. The number of nitrogens with zero attached hydrogens (tertiary/aromatic N) is 1. The van der Waals surface area contributed by atoms with Crippen LogP contribution in [0.4, 0.5) is 4.79 Å². The monoisotopic (exact) mass is 160 g/mol. The summed E-state index contributed by atoms with van der Waals surface area (Å²) in [6, 6.07) is 0. The van der Waals surface area contributed by atoms with E-state index in [1.807, 2.05) is 6.92 Å². The molecule has 0 atom stereocenters. The summed E-state index contributed by atoms with van der Waals surface area (Å²) < 4.78 is 4.50. The second-order valence-corrected chi connectivity index (χ2v) is 2.25. The van der Waals surface area contributed by atoms with E-state index in [9.17, 15) is 4.79 Å². The predicted molar refractivity (Wildman–Crippen MR) is 43.6 cm³/mol. The van der Waals surface area contributed by atoms with Crippen molar-refractivity contribution in [2.24, 2.45) is 0 Å². The van der Waals surface area contributed by atoms with E-state index in [2.05, 4.69) is 10.1 Å². The molecule has 0 spiro atoms. The molecule has 0 unspecified atom stereocenters. The quantitative estimate of drug-likeness (QED) is 0.601. The minimum atomic E-state index is -0.289. The lowest BCUT2D eigenvalue weighted by Crippen LogP contribution is -2.33. The van der Waals surface area contributed by atoms with Crippen LogP contribution >= 0.6 is 0 Å². The van der Waals surface area contributed by atoms with Gasteiger partial charge in [0.2, 0.25) is 0 Å². The number of hydrogen-bond donors (Lipinski definition) is 1. The molecule has 4 heteroatoms. The average molecular weight is 160 g/mol. The third-order valence-electron chi connectivity index (χ3n) is 1.36. The van der Waals surface area contributed by atoms with Crippen LogP contribution in [0.25, 0.3) is 0 Å². The molecule has 66 valence electrons. The fraction of sp³-hybridized carbons (Fsp3) is 0.857. The average Bonchev–Trinajstić information content (AvgIpc) is 2.03. The Kier molecular flexibility index (Phi) is 5.56. The normalized spacial score (nSPS) is 9.36. The number of ether oxygens (including phenoxy) is 1. The number of carbonyl (C=O) groups is 1. The third kappa shape index (κ3) is 4.61. The molecule has 11 heavy (non-hydrogen) atoms. The lowest BCUT2D eigenvalue weighted by atomic mass is 10.5. The van der Waals surface area contributed by atoms with E-state index in [4.69, 9.17) is 0 Å². The van der Waals surface area contributed by atoms with E-state index in [0.717, 1.165) is 13.1 Å². The minimum Gasteiger partial charge on any atom is -0.453 e. The number of likely N-dealkylation sites (N-methyl/N-ethyl adjacent to an activating group) is 2. The van der Waals surface area contributed by atoms with Gasteiger partial charge in [0.15, 0.2) is 0 Å². The Hall–Kier alpha value is -0.770. The SMILES string of the molecule is CCNCCN(C)C(=O)OC. The van der Waals surface area contributed by atoms with Gasteiger partial charge in [0.1, 0.15) is 0 Å². The summed E-state index contributed by atoms with van der Waals surface area (Å²) >= 11 is 0. The van der Waals surface area contributed by atoms with Gasteiger partial charge in [0.05, 0.1) is 7.11 Å². The molecule has 0 fully saturated rings. The van der Waals surface area contributed by atoms with E-state index in [-0.39, 0.29) is 6.09 Å². The van der Waals surface area contributed by atoms with Gasteiger partial charge in [-0.15, -0.1) is 0 Å². The maximum absolute atomic E-state index is 10.8. The van der Waals surface area contributed by atoms with Gasteiger partial charge in [0.25, 0.3) is 0 Å². The third-order valence-corrected chi connectivity index (χ3v) is 1.36. The first-order valence-electron chi connectivity index (χ1n) is 3.72. The molecule has 0 saturated carbocycles. The molecule has 0 aromatic heterocycles. The van der Waals surface area contributed by atoms with Crippen molar-refractivity contribution in [2.45, 2.75) is 6.92 Å². The lowest BCUT2D eigenvalue weighted by molar-refractivity contribution is 0.133. The second kappa shape index (κ2) is 5.97. The molecular formula is C7H16N2O2. The first kappa shape index (κ1) is 10.2. The van der Waals surface area contributed by atoms with Gasteiger partial charge in [-0.05, 0) is 6.54 Å². The zero-order valence-corrected chi connectivity index (χ0v) is 7.39. The molecule has 0 aromatic rings. The molecule has 0 radical (unpaired) electrons. The minimum absolute atomic E-state index is 0.289. The summed E-state index contributed by atoms with van der Waals surface area (Å²) in [5.41, 5.74) is 0. The van der Waals surface area contributed by atoms with Gasteiger partial charge in [-0.2, -0.15) is 0 Å². The molecule has 0 aliphatic carbocycles. The summed E-state index contributed by atoms with van der Waals surface area (Å²) in [7, 11) is 3.09. The van der Waals surface area contributed by atoms with E-state index in [1.54, 1.807) is 7.05 Å². The van der Waals surface area contributed by atoms with Gasteiger partial charge in [-0.1, -0.05) is 6.92 Å². The highest BCUT2D eigenvalue weighted by molar-refractivity contribution is 5.66. The predicted octanol–water partition coefficient (Wildman–Crippen LogP) is 0.294. The highest BCUT2D eigenvalue weighted by Crippen LogP contribution is 1.85. The summed E-state index contributed by atoms with van der Waals surface area (Å²) in [4.78, 5) is 12.3. The second-order valence-electron chi connectivity index (χ2n) is 2.25. The van der Waals surface area contributed by atoms with Crippen LogP contribution in [0.3, 0.4) is 0 Å². The van der Waals surface area contributed by atoms with Gasteiger partial charge in [-0.3, -0.25) is 0 Å². The summed E-state index contributed by atoms with van der Waals surface area (Å²) in [6.07, 6.45) is -0.289. The van der Waals surface area contributed by atoms with E-state index >= 15 is 0 Å². The Morgan fingerprint density at radius 3 is 2.73 bits per heavy atom. The number of amides is 1. The molecule has 0 aliphatic heterocycles. The fourth-order valence-corrected chi connectivity index (χ4v) is 0.671. The van der Waals surface area contributed by atoms with Crippen molar-refractivity contribution in [3.05, 3.63) is 0 Å². The lowest BCUT2D eigenvalue weighted by Gasteiger charge is -2.14. The number of methoxy groups -OCH3 is 1. The smallest absolute Gasteiger partial charge is 0.409 e. The highest BCUT2D eigenvalue weighted by atomic mass is 16.5. The van der Waals surface area contributed by atoms with Gasteiger partial charge in [0, 0.05) is 20.1 Å². The molecule has 0 saturated heterocycles. The van der Waals surface area contributed by atoms with Crippen LogP contribution in [0.15, 0.2) is 0 Å². The molecule has 1 N–H and O–H groups in total. The molecule has 0 aliphatic rings. The Balaban J connectivity index is 3.36. The van der Waals surface area contributed by atoms with Crippen LogP contribution in [-0.4, -0.2) is 44.8 Å². The largest absolute Gasteiger partial charge is 0.453 e. The van der Waals surface area contributed by atoms with Crippen molar-refractivity contribution in [3.8, 4) is 0 Å². The number of nitrogens with one attached hydrogen (secondary N) is 1. The molecule has 4 nitrogen and oxygen atoms in total. The van der Waals surface area contributed by atoms with Crippen molar-refractivity contribution in [1.29, 1.82) is 0 Å². The van der Waals surface area contributed by atoms with Crippen molar-refractivity contribution in [3.63, 3.8) is 0 Å². The van der Waals surface area contributed by atoms with Crippen LogP contribution in [0, 0.1) is 0 Å². The maximum Gasteiger partial charge on any atom is 0.409 e. The Morgan fingerprint density at radius 2 is 2.27 bits per heavy atom. The molecule has 0 heterocycles. The Morgan fingerprint density at radius 1 is 1.64 bits per heavy atom. The van der Waals surface area contributed by atoms with Crippen LogP contribution in [-0.2, 0) is 4.74 Å². The zero-order chi connectivity index (χ0) is 8.69. The van der Waals surface area contributed by atoms with Crippen LogP contribution < -0.4 is 5.32 Å². The summed E-state index contributed by atoms with van der Waals surface area (Å²) in [5.74, 6) is 0. The van der Waals surface area contributed by atoms with E-state index < -0.39 is 0 Å². The molecule has 0 bridgehead atoms. The first-order chi connectivity index (χ1) is 5.22. The maximum atomic E-state index is 10.8. The summed E-state index contributed by atoms with van der Waals surface area (Å²) in [6.45, 7) is 4.44. The zero-order valence-electron chi connectivity index (χ0n) is 7.39.